The first-order valence-electron chi connectivity index (χ1n) is 8.05. The van der Waals surface area contributed by atoms with E-state index >= 15 is 0 Å². The first-order chi connectivity index (χ1) is 11.5. The van der Waals surface area contributed by atoms with Crippen LogP contribution >= 0.6 is 11.8 Å². The van der Waals surface area contributed by atoms with Gasteiger partial charge in [0.15, 0.2) is 5.65 Å². The second-order valence-electron chi connectivity index (χ2n) is 6.29. The summed E-state index contributed by atoms with van der Waals surface area (Å²) < 4.78 is 0. The molecule has 0 spiro atoms. The number of benzene rings is 1. The molecule has 6 nitrogen and oxygen atoms in total. The molecule has 3 rings (SSSR count). The standard InChI is InChI=1S/C17H21N5OS/c1-10(2)6-7-18-14(23)9-24-17-20-16-15(21-22-17)12-8-11(3)4-5-13(12)19-16/h4-5,8,10H,6-7,9H2,1-3H3,(H,18,23)(H,19,20,22). The van der Waals surface area contributed by atoms with Crippen LogP contribution in [0.4, 0.5) is 0 Å². The maximum Gasteiger partial charge on any atom is 0.230 e. The summed E-state index contributed by atoms with van der Waals surface area (Å²) in [7, 11) is 0. The van der Waals surface area contributed by atoms with Gasteiger partial charge in [-0.3, -0.25) is 4.79 Å². The fraction of sp³-hybridized carbons (Fsp3) is 0.412. The van der Waals surface area contributed by atoms with Crippen LogP contribution in [0.1, 0.15) is 25.8 Å². The smallest absolute Gasteiger partial charge is 0.230 e. The van der Waals surface area contributed by atoms with E-state index in [0.29, 0.717) is 29.0 Å². The predicted molar refractivity (Wildman–Crippen MR) is 97.1 cm³/mol. The zero-order chi connectivity index (χ0) is 17.1. The Morgan fingerprint density at radius 3 is 2.96 bits per heavy atom. The summed E-state index contributed by atoms with van der Waals surface area (Å²) in [5.74, 6) is 0.875. The largest absolute Gasteiger partial charge is 0.355 e. The third-order valence-electron chi connectivity index (χ3n) is 3.73. The minimum Gasteiger partial charge on any atom is -0.355 e. The number of aryl methyl sites for hydroxylation is 1. The van der Waals surface area contributed by atoms with E-state index in [-0.39, 0.29) is 5.91 Å². The van der Waals surface area contributed by atoms with E-state index in [1.54, 1.807) is 0 Å². The number of hydrogen-bond donors (Lipinski definition) is 2. The number of aromatic nitrogens is 4. The van der Waals surface area contributed by atoms with Gasteiger partial charge >= 0.3 is 0 Å². The van der Waals surface area contributed by atoms with Crippen molar-refractivity contribution in [3.05, 3.63) is 23.8 Å². The summed E-state index contributed by atoms with van der Waals surface area (Å²) in [5.41, 5.74) is 3.63. The highest BCUT2D eigenvalue weighted by Gasteiger charge is 2.11. The maximum atomic E-state index is 11.8. The lowest BCUT2D eigenvalue weighted by Gasteiger charge is -2.06. The average Bonchev–Trinajstić information content (AvgIpc) is 2.89. The minimum absolute atomic E-state index is 0.00313. The third-order valence-corrected chi connectivity index (χ3v) is 4.56. The number of nitrogens with zero attached hydrogens (tertiary/aromatic N) is 3. The number of thioether (sulfide) groups is 1. The first-order valence-corrected chi connectivity index (χ1v) is 9.04. The number of rotatable bonds is 6. The van der Waals surface area contributed by atoms with Crippen LogP contribution in [0.2, 0.25) is 0 Å². The molecule has 0 fully saturated rings. The lowest BCUT2D eigenvalue weighted by molar-refractivity contribution is -0.118. The molecule has 0 saturated heterocycles. The monoisotopic (exact) mass is 343 g/mol. The van der Waals surface area contributed by atoms with E-state index in [0.717, 1.165) is 22.8 Å². The number of nitrogens with one attached hydrogen (secondary N) is 2. The molecular weight excluding hydrogens is 322 g/mol. The van der Waals surface area contributed by atoms with E-state index in [1.165, 1.54) is 17.3 Å². The molecule has 0 unspecified atom stereocenters. The van der Waals surface area contributed by atoms with Crippen molar-refractivity contribution in [2.75, 3.05) is 12.3 Å². The zero-order valence-electron chi connectivity index (χ0n) is 14.1. The molecule has 0 aliphatic heterocycles. The fourth-order valence-electron chi connectivity index (χ4n) is 2.41. The van der Waals surface area contributed by atoms with Crippen molar-refractivity contribution in [1.82, 2.24) is 25.5 Å². The minimum atomic E-state index is -0.00313. The summed E-state index contributed by atoms with van der Waals surface area (Å²) in [6.45, 7) is 7.02. The van der Waals surface area contributed by atoms with Gasteiger partial charge in [-0.2, -0.15) is 0 Å². The highest BCUT2D eigenvalue weighted by Crippen LogP contribution is 2.24. The van der Waals surface area contributed by atoms with Crippen LogP contribution in [0, 0.1) is 12.8 Å². The van der Waals surface area contributed by atoms with E-state index in [9.17, 15) is 4.79 Å². The van der Waals surface area contributed by atoms with Gasteiger partial charge in [0.25, 0.3) is 0 Å². The Bertz CT molecular complexity index is 874. The van der Waals surface area contributed by atoms with E-state index in [4.69, 9.17) is 0 Å². The van der Waals surface area contributed by atoms with Gasteiger partial charge in [0.05, 0.1) is 5.75 Å². The normalized spacial score (nSPS) is 11.5. The van der Waals surface area contributed by atoms with Crippen molar-refractivity contribution in [3.63, 3.8) is 0 Å². The molecule has 0 atom stereocenters. The van der Waals surface area contributed by atoms with Crippen LogP contribution in [0.5, 0.6) is 0 Å². The lowest BCUT2D eigenvalue weighted by atomic mass is 10.1. The Hall–Kier alpha value is -2.15. The zero-order valence-corrected chi connectivity index (χ0v) is 14.9. The second-order valence-corrected chi connectivity index (χ2v) is 7.23. The Balaban J connectivity index is 1.68. The molecular formula is C17H21N5OS. The van der Waals surface area contributed by atoms with Crippen LogP contribution in [-0.2, 0) is 4.79 Å². The molecule has 7 heteroatoms. The molecule has 0 saturated carbocycles. The van der Waals surface area contributed by atoms with Crippen LogP contribution in [0.3, 0.4) is 0 Å². The summed E-state index contributed by atoms with van der Waals surface area (Å²) >= 11 is 1.30. The molecule has 1 amide bonds. The number of H-pyrrole nitrogens is 1. The number of amides is 1. The predicted octanol–water partition coefficient (Wildman–Crippen LogP) is 3.07. The molecule has 0 bridgehead atoms. The SMILES string of the molecule is Cc1ccc2[nH]c3nc(SCC(=O)NCCC(C)C)nnc3c2c1. The molecule has 24 heavy (non-hydrogen) atoms. The second kappa shape index (κ2) is 7.17. The van der Waals surface area contributed by atoms with Crippen molar-refractivity contribution in [3.8, 4) is 0 Å². The van der Waals surface area contributed by atoms with Crippen LogP contribution in [0.15, 0.2) is 23.4 Å². The molecule has 0 aliphatic rings. The molecule has 1 aromatic carbocycles. The van der Waals surface area contributed by atoms with E-state index in [1.807, 2.05) is 19.1 Å². The van der Waals surface area contributed by atoms with Gasteiger partial charge in [0.1, 0.15) is 5.52 Å². The van der Waals surface area contributed by atoms with Gasteiger partial charge in [0, 0.05) is 17.4 Å². The molecule has 126 valence electrons. The molecule has 2 heterocycles. The Labute approximate surface area is 144 Å². The van der Waals surface area contributed by atoms with Crippen LogP contribution < -0.4 is 5.32 Å². The molecule has 0 radical (unpaired) electrons. The quantitative estimate of drug-likeness (QED) is 0.672. The summed E-state index contributed by atoms with van der Waals surface area (Å²) in [5, 5.41) is 12.8. The van der Waals surface area contributed by atoms with E-state index in [2.05, 4.69) is 45.4 Å². The molecule has 0 aliphatic carbocycles. The molecule has 2 N–H and O–H groups in total. The fourth-order valence-corrected chi connectivity index (χ4v) is 3.03. The highest BCUT2D eigenvalue weighted by atomic mass is 32.2. The van der Waals surface area contributed by atoms with Gasteiger partial charge in [-0.15, -0.1) is 10.2 Å². The van der Waals surface area contributed by atoms with Crippen molar-refractivity contribution in [1.29, 1.82) is 0 Å². The third kappa shape index (κ3) is 3.84. The lowest BCUT2D eigenvalue weighted by Crippen LogP contribution is -2.27. The van der Waals surface area contributed by atoms with Gasteiger partial charge < -0.3 is 10.3 Å². The Kier molecular flexibility index (Phi) is 4.99. The van der Waals surface area contributed by atoms with Gasteiger partial charge in [-0.25, -0.2) is 4.98 Å². The maximum absolute atomic E-state index is 11.8. The van der Waals surface area contributed by atoms with Crippen molar-refractivity contribution in [2.45, 2.75) is 32.3 Å². The average molecular weight is 343 g/mol. The summed E-state index contributed by atoms with van der Waals surface area (Å²) in [6, 6.07) is 6.13. The number of carbonyl (C=O) groups is 1. The molecule has 2 aromatic heterocycles. The van der Waals surface area contributed by atoms with Crippen molar-refractivity contribution >= 4 is 39.7 Å². The van der Waals surface area contributed by atoms with Crippen molar-refractivity contribution < 1.29 is 4.79 Å². The van der Waals surface area contributed by atoms with E-state index < -0.39 is 0 Å². The van der Waals surface area contributed by atoms with Crippen LogP contribution in [-0.4, -0.2) is 38.4 Å². The van der Waals surface area contributed by atoms with Crippen molar-refractivity contribution in [2.24, 2.45) is 5.92 Å². The number of fused-ring (bicyclic) bond motifs is 3. The summed E-state index contributed by atoms with van der Waals surface area (Å²) in [4.78, 5) is 19.6. The highest BCUT2D eigenvalue weighted by molar-refractivity contribution is 7.99. The number of carbonyl (C=O) groups excluding carboxylic acids is 1. The number of aromatic amines is 1. The summed E-state index contributed by atoms with van der Waals surface area (Å²) in [6.07, 6.45) is 0.981. The number of hydrogen-bond acceptors (Lipinski definition) is 5. The van der Waals surface area contributed by atoms with Crippen LogP contribution in [0.25, 0.3) is 22.1 Å². The topological polar surface area (TPSA) is 83.6 Å². The Morgan fingerprint density at radius 2 is 2.17 bits per heavy atom. The van der Waals surface area contributed by atoms with Gasteiger partial charge in [-0.1, -0.05) is 37.2 Å². The van der Waals surface area contributed by atoms with Gasteiger partial charge in [0.2, 0.25) is 11.1 Å². The Morgan fingerprint density at radius 1 is 1.33 bits per heavy atom. The molecule has 3 aromatic rings. The van der Waals surface area contributed by atoms with Gasteiger partial charge in [-0.05, 0) is 31.4 Å². The first kappa shape index (κ1) is 16.7.